The molecule has 1 heterocycles. The molecule has 0 radical (unpaired) electrons. The Morgan fingerprint density at radius 2 is 2.39 bits per heavy atom. The number of nitrogens with one attached hydrogen (secondary N) is 1. The zero-order valence-electron chi connectivity index (χ0n) is 11.2. The van der Waals surface area contributed by atoms with Gasteiger partial charge in [-0.3, -0.25) is 9.69 Å². The summed E-state index contributed by atoms with van der Waals surface area (Å²) in [5.74, 6) is 0.783. The van der Waals surface area contributed by atoms with Gasteiger partial charge in [-0.2, -0.15) is 0 Å². The van der Waals surface area contributed by atoms with Gasteiger partial charge in [0.15, 0.2) is 0 Å². The van der Waals surface area contributed by atoms with Crippen molar-refractivity contribution in [2.24, 2.45) is 5.73 Å². The van der Waals surface area contributed by atoms with Crippen LogP contribution in [0.5, 0.6) is 0 Å². The average Bonchev–Trinajstić information content (AvgIpc) is 2.89. The van der Waals surface area contributed by atoms with Gasteiger partial charge in [-0.1, -0.05) is 6.92 Å². The van der Waals surface area contributed by atoms with Crippen molar-refractivity contribution in [3.8, 4) is 0 Å². The number of hydrogen-bond donors (Lipinski definition) is 2. The first-order valence-corrected chi connectivity index (χ1v) is 6.43. The molecule has 0 bridgehead atoms. The van der Waals surface area contributed by atoms with Crippen LogP contribution in [0.2, 0.25) is 0 Å². The Balaban J connectivity index is 2.38. The Kier molecular flexibility index (Phi) is 6.46. The first-order chi connectivity index (χ1) is 8.69. The molecule has 0 aliphatic rings. The molecule has 0 spiro atoms. The lowest BCUT2D eigenvalue weighted by Gasteiger charge is -2.26. The average molecular weight is 253 g/mol. The molecule has 3 N–H and O–H groups in total. The summed E-state index contributed by atoms with van der Waals surface area (Å²) in [7, 11) is 0. The van der Waals surface area contributed by atoms with Crippen LogP contribution in [0.15, 0.2) is 22.8 Å². The minimum atomic E-state index is -0.142. The number of nitrogens with zero attached hydrogens (tertiary/aromatic N) is 1. The van der Waals surface area contributed by atoms with Gasteiger partial charge in [-0.05, 0) is 38.6 Å². The molecule has 0 saturated heterocycles. The predicted octanol–water partition coefficient (Wildman–Crippen LogP) is 0.955. The maximum atomic E-state index is 12.0. The van der Waals surface area contributed by atoms with E-state index in [1.165, 1.54) is 0 Å². The minimum Gasteiger partial charge on any atom is -0.467 e. The molecule has 5 heteroatoms. The summed E-state index contributed by atoms with van der Waals surface area (Å²) in [5, 5.41) is 2.87. The van der Waals surface area contributed by atoms with Gasteiger partial charge in [0.1, 0.15) is 5.76 Å². The summed E-state index contributed by atoms with van der Waals surface area (Å²) in [6, 6.07) is 3.51. The standard InChI is InChI=1S/C13H23N3O2/c1-3-16(8-5-7-14)11(2)13(17)15-10-12-6-4-9-18-12/h4,6,9,11H,3,5,7-8,10,14H2,1-2H3,(H,15,17). The Bertz CT molecular complexity index is 338. The van der Waals surface area contributed by atoms with Crippen LogP contribution >= 0.6 is 0 Å². The van der Waals surface area contributed by atoms with Gasteiger partial charge in [0.25, 0.3) is 0 Å². The highest BCUT2D eigenvalue weighted by molar-refractivity contribution is 5.81. The number of carbonyl (C=O) groups excluding carboxylic acids is 1. The van der Waals surface area contributed by atoms with Crippen molar-refractivity contribution in [3.05, 3.63) is 24.2 Å². The van der Waals surface area contributed by atoms with E-state index in [4.69, 9.17) is 10.2 Å². The third-order valence-corrected chi connectivity index (χ3v) is 3.00. The second-order valence-electron chi connectivity index (χ2n) is 4.24. The number of nitrogens with two attached hydrogens (primary N) is 1. The Morgan fingerprint density at radius 1 is 1.61 bits per heavy atom. The van der Waals surface area contributed by atoms with Crippen molar-refractivity contribution in [2.75, 3.05) is 19.6 Å². The summed E-state index contributed by atoms with van der Waals surface area (Å²) >= 11 is 0. The summed E-state index contributed by atoms with van der Waals surface area (Å²) in [6.07, 6.45) is 2.51. The van der Waals surface area contributed by atoms with E-state index in [1.807, 2.05) is 26.0 Å². The van der Waals surface area contributed by atoms with Gasteiger partial charge >= 0.3 is 0 Å². The van der Waals surface area contributed by atoms with Crippen LogP contribution in [-0.2, 0) is 11.3 Å². The molecule has 102 valence electrons. The van der Waals surface area contributed by atoms with Crippen molar-refractivity contribution in [1.29, 1.82) is 0 Å². The summed E-state index contributed by atoms with van der Waals surface area (Å²) in [4.78, 5) is 14.1. The van der Waals surface area contributed by atoms with Crippen molar-refractivity contribution in [3.63, 3.8) is 0 Å². The number of hydrogen-bond acceptors (Lipinski definition) is 4. The van der Waals surface area contributed by atoms with Crippen LogP contribution in [0.3, 0.4) is 0 Å². The molecule has 5 nitrogen and oxygen atoms in total. The molecule has 0 fully saturated rings. The van der Waals surface area contributed by atoms with Crippen molar-refractivity contribution in [1.82, 2.24) is 10.2 Å². The van der Waals surface area contributed by atoms with E-state index >= 15 is 0 Å². The maximum Gasteiger partial charge on any atom is 0.237 e. The lowest BCUT2D eigenvalue weighted by Crippen LogP contribution is -2.45. The van der Waals surface area contributed by atoms with E-state index in [2.05, 4.69) is 10.2 Å². The van der Waals surface area contributed by atoms with Crippen molar-refractivity contribution >= 4 is 5.91 Å². The number of amides is 1. The fourth-order valence-corrected chi connectivity index (χ4v) is 1.82. The quantitative estimate of drug-likeness (QED) is 0.723. The van der Waals surface area contributed by atoms with Gasteiger partial charge in [-0.25, -0.2) is 0 Å². The van der Waals surface area contributed by atoms with Gasteiger partial charge < -0.3 is 15.5 Å². The van der Waals surface area contributed by atoms with Crippen LogP contribution in [0.1, 0.15) is 26.0 Å². The van der Waals surface area contributed by atoms with Crippen molar-refractivity contribution in [2.45, 2.75) is 32.9 Å². The molecule has 0 aromatic carbocycles. The molecule has 0 saturated carbocycles. The lowest BCUT2D eigenvalue weighted by atomic mass is 10.2. The molecular weight excluding hydrogens is 230 g/mol. The smallest absolute Gasteiger partial charge is 0.237 e. The van der Waals surface area contributed by atoms with Crippen molar-refractivity contribution < 1.29 is 9.21 Å². The fraction of sp³-hybridized carbons (Fsp3) is 0.615. The van der Waals surface area contributed by atoms with E-state index in [9.17, 15) is 4.79 Å². The molecule has 0 aliphatic heterocycles. The Morgan fingerprint density at radius 3 is 2.94 bits per heavy atom. The molecule has 1 unspecified atom stereocenters. The van der Waals surface area contributed by atoms with Crippen LogP contribution < -0.4 is 11.1 Å². The van der Waals surface area contributed by atoms with Crippen LogP contribution in [0, 0.1) is 0 Å². The maximum absolute atomic E-state index is 12.0. The third kappa shape index (κ3) is 4.50. The van der Waals surface area contributed by atoms with Crippen LogP contribution in [0.25, 0.3) is 0 Å². The SMILES string of the molecule is CCN(CCCN)C(C)C(=O)NCc1ccco1. The molecule has 0 aliphatic carbocycles. The first-order valence-electron chi connectivity index (χ1n) is 6.43. The normalized spacial score (nSPS) is 12.7. The van der Waals surface area contributed by atoms with Gasteiger partial charge in [0, 0.05) is 6.54 Å². The molecule has 1 amide bonds. The summed E-state index contributed by atoms with van der Waals surface area (Å²) in [6.45, 7) is 6.74. The third-order valence-electron chi connectivity index (χ3n) is 3.00. The topological polar surface area (TPSA) is 71.5 Å². The lowest BCUT2D eigenvalue weighted by molar-refractivity contribution is -0.126. The number of furan rings is 1. The molecule has 1 atom stereocenters. The highest BCUT2D eigenvalue weighted by Gasteiger charge is 2.19. The van der Waals surface area contributed by atoms with E-state index in [-0.39, 0.29) is 11.9 Å². The van der Waals surface area contributed by atoms with E-state index in [0.717, 1.165) is 25.3 Å². The van der Waals surface area contributed by atoms with E-state index in [1.54, 1.807) is 6.26 Å². The molecule has 1 rings (SSSR count). The Labute approximate surface area is 108 Å². The van der Waals surface area contributed by atoms with E-state index in [0.29, 0.717) is 13.1 Å². The number of rotatable bonds is 8. The largest absolute Gasteiger partial charge is 0.467 e. The second kappa shape index (κ2) is 7.89. The molecule has 1 aromatic rings. The molecular formula is C13H23N3O2. The van der Waals surface area contributed by atoms with Gasteiger partial charge in [-0.15, -0.1) is 0 Å². The van der Waals surface area contributed by atoms with Gasteiger partial charge in [0.05, 0.1) is 18.8 Å². The summed E-state index contributed by atoms with van der Waals surface area (Å²) < 4.78 is 5.17. The Hall–Kier alpha value is -1.33. The summed E-state index contributed by atoms with van der Waals surface area (Å²) in [5.41, 5.74) is 5.49. The highest BCUT2D eigenvalue weighted by atomic mass is 16.3. The zero-order valence-corrected chi connectivity index (χ0v) is 11.2. The zero-order chi connectivity index (χ0) is 13.4. The van der Waals surface area contributed by atoms with E-state index < -0.39 is 0 Å². The van der Waals surface area contributed by atoms with Crippen LogP contribution in [0.4, 0.5) is 0 Å². The van der Waals surface area contributed by atoms with Crippen LogP contribution in [-0.4, -0.2) is 36.5 Å². The first kappa shape index (κ1) is 14.7. The molecule has 18 heavy (non-hydrogen) atoms. The number of likely N-dealkylation sites (N-methyl/N-ethyl adjacent to an activating group) is 1. The molecule has 1 aromatic heterocycles. The fourth-order valence-electron chi connectivity index (χ4n) is 1.82. The minimum absolute atomic E-state index is 0.0188. The number of carbonyl (C=O) groups is 1. The monoisotopic (exact) mass is 253 g/mol. The predicted molar refractivity (Wildman–Crippen MR) is 70.9 cm³/mol. The second-order valence-corrected chi connectivity index (χ2v) is 4.24. The van der Waals surface area contributed by atoms with Gasteiger partial charge in [0.2, 0.25) is 5.91 Å². The highest BCUT2D eigenvalue weighted by Crippen LogP contribution is 2.02.